The Kier molecular flexibility index (Phi) is 19.3. The second-order valence-electron chi connectivity index (χ2n) is 6.91. The lowest BCUT2D eigenvalue weighted by Crippen LogP contribution is -2.33. The first-order chi connectivity index (χ1) is 13.1. The second kappa shape index (κ2) is 17.4. The maximum absolute atomic E-state index is 11.7. The van der Waals surface area contributed by atoms with Gasteiger partial charge in [-0.1, -0.05) is 85.7 Å². The molecule has 1 rings (SSSR count). The van der Waals surface area contributed by atoms with E-state index in [1.54, 1.807) is 6.92 Å². The van der Waals surface area contributed by atoms with Gasteiger partial charge in [0.25, 0.3) is 0 Å². The zero-order chi connectivity index (χ0) is 22.8. The molecule has 164 valence electrons. The number of esters is 1. The Bertz CT molecular complexity index is 509. The van der Waals surface area contributed by atoms with Crippen LogP contribution in [0.25, 0.3) is 0 Å². The summed E-state index contributed by atoms with van der Waals surface area (Å²) in [6.45, 7) is 18.3. The van der Waals surface area contributed by atoms with Crippen molar-refractivity contribution in [3.05, 3.63) is 35.9 Å². The highest BCUT2D eigenvalue weighted by atomic mass is 16.6. The van der Waals surface area contributed by atoms with E-state index in [9.17, 15) is 9.59 Å². The van der Waals surface area contributed by atoms with Gasteiger partial charge in [0.05, 0.1) is 7.11 Å². The third-order valence-corrected chi connectivity index (χ3v) is 4.53. The minimum Gasteiger partial charge on any atom is -0.467 e. The SMILES string of the molecule is CC.CC.CCC(C)(CC(C)(C)C(C)=O)c1ccccc1.COCC(=O)OC. The molecular formula is C24H44O4. The minimum absolute atomic E-state index is 0.0382. The van der Waals surface area contributed by atoms with Crippen LogP contribution >= 0.6 is 0 Å². The molecule has 0 aliphatic rings. The van der Waals surface area contributed by atoms with Gasteiger partial charge in [0, 0.05) is 12.5 Å². The van der Waals surface area contributed by atoms with Crippen LogP contribution in [0.2, 0.25) is 0 Å². The third-order valence-electron chi connectivity index (χ3n) is 4.53. The monoisotopic (exact) mass is 396 g/mol. The molecule has 0 aromatic heterocycles. The van der Waals surface area contributed by atoms with Gasteiger partial charge in [0.1, 0.15) is 12.4 Å². The molecule has 1 atom stereocenters. The van der Waals surface area contributed by atoms with E-state index in [-0.39, 0.29) is 29.2 Å². The number of hydrogen-bond donors (Lipinski definition) is 0. The highest BCUT2D eigenvalue weighted by molar-refractivity contribution is 5.81. The van der Waals surface area contributed by atoms with E-state index in [1.807, 2.05) is 47.6 Å². The highest BCUT2D eigenvalue weighted by Gasteiger charge is 2.35. The van der Waals surface area contributed by atoms with E-state index in [0.717, 1.165) is 12.8 Å². The molecule has 4 nitrogen and oxygen atoms in total. The Morgan fingerprint density at radius 1 is 0.929 bits per heavy atom. The number of carbonyl (C=O) groups excluding carboxylic acids is 2. The summed E-state index contributed by atoms with van der Waals surface area (Å²) in [6, 6.07) is 10.5. The molecule has 0 bridgehead atoms. The van der Waals surface area contributed by atoms with E-state index >= 15 is 0 Å². The fourth-order valence-corrected chi connectivity index (χ4v) is 2.55. The lowest BCUT2D eigenvalue weighted by atomic mass is 9.67. The molecule has 0 aliphatic heterocycles. The van der Waals surface area contributed by atoms with Crippen LogP contribution in [-0.2, 0) is 24.5 Å². The minimum atomic E-state index is -0.345. The average molecular weight is 397 g/mol. The number of ether oxygens (including phenoxy) is 2. The van der Waals surface area contributed by atoms with Crippen LogP contribution in [-0.4, -0.2) is 32.6 Å². The van der Waals surface area contributed by atoms with Crippen LogP contribution in [0.4, 0.5) is 0 Å². The summed E-state index contributed by atoms with van der Waals surface area (Å²) in [6.07, 6.45) is 1.95. The Labute approximate surface area is 174 Å². The van der Waals surface area contributed by atoms with E-state index < -0.39 is 0 Å². The summed E-state index contributed by atoms with van der Waals surface area (Å²) in [7, 11) is 2.76. The van der Waals surface area contributed by atoms with Crippen molar-refractivity contribution in [1.82, 2.24) is 0 Å². The molecule has 0 N–H and O–H groups in total. The first kappa shape index (κ1) is 31.0. The van der Waals surface area contributed by atoms with Crippen molar-refractivity contribution in [2.45, 2.75) is 80.6 Å². The van der Waals surface area contributed by atoms with Gasteiger partial charge in [-0.15, -0.1) is 0 Å². The van der Waals surface area contributed by atoms with Crippen LogP contribution in [0.15, 0.2) is 30.3 Å². The zero-order valence-corrected chi connectivity index (χ0v) is 20.1. The summed E-state index contributed by atoms with van der Waals surface area (Å²) in [4.78, 5) is 21.8. The molecule has 0 heterocycles. The highest BCUT2D eigenvalue weighted by Crippen LogP contribution is 2.39. The standard InChI is InChI=1S/C16H24O.C4H8O3.2C2H6/c1-6-16(5,12-15(3,4)13(2)17)14-10-8-7-9-11-14;1-6-3-4(5)7-2;2*1-2/h7-11H,6,12H2,1-5H3;3H2,1-2H3;2*1-2H3. The van der Waals surface area contributed by atoms with E-state index in [1.165, 1.54) is 19.8 Å². The molecule has 28 heavy (non-hydrogen) atoms. The third kappa shape index (κ3) is 12.7. The molecule has 0 radical (unpaired) electrons. The van der Waals surface area contributed by atoms with Crippen LogP contribution in [0.1, 0.15) is 80.7 Å². The van der Waals surface area contributed by atoms with Gasteiger partial charge in [-0.25, -0.2) is 4.79 Å². The first-order valence-corrected chi connectivity index (χ1v) is 10.2. The summed E-state index contributed by atoms with van der Waals surface area (Å²) in [5, 5.41) is 0. The molecule has 0 amide bonds. The number of hydrogen-bond acceptors (Lipinski definition) is 4. The van der Waals surface area contributed by atoms with Gasteiger partial charge in [-0.2, -0.15) is 0 Å². The molecule has 0 aliphatic carbocycles. The van der Waals surface area contributed by atoms with Crippen molar-refractivity contribution >= 4 is 11.8 Å². The fourth-order valence-electron chi connectivity index (χ4n) is 2.55. The molecular weight excluding hydrogens is 352 g/mol. The van der Waals surface area contributed by atoms with Crippen molar-refractivity contribution in [2.75, 3.05) is 20.8 Å². The molecule has 0 saturated heterocycles. The predicted molar refractivity (Wildman–Crippen MR) is 120 cm³/mol. The Morgan fingerprint density at radius 2 is 1.39 bits per heavy atom. The fraction of sp³-hybridized carbons (Fsp3) is 0.667. The van der Waals surface area contributed by atoms with Crippen molar-refractivity contribution in [2.24, 2.45) is 5.41 Å². The van der Waals surface area contributed by atoms with Crippen LogP contribution in [0, 0.1) is 5.41 Å². The smallest absolute Gasteiger partial charge is 0.331 e. The van der Waals surface area contributed by atoms with E-state index in [4.69, 9.17) is 0 Å². The molecule has 4 heteroatoms. The molecule has 1 unspecified atom stereocenters. The lowest BCUT2D eigenvalue weighted by Gasteiger charge is -2.36. The number of methoxy groups -OCH3 is 2. The van der Waals surface area contributed by atoms with Crippen LogP contribution in [0.3, 0.4) is 0 Å². The van der Waals surface area contributed by atoms with Gasteiger partial charge in [0.15, 0.2) is 0 Å². The van der Waals surface area contributed by atoms with Crippen molar-refractivity contribution in [3.8, 4) is 0 Å². The Hall–Kier alpha value is -1.68. The first-order valence-electron chi connectivity index (χ1n) is 10.2. The average Bonchev–Trinajstić information content (AvgIpc) is 2.71. The topological polar surface area (TPSA) is 52.6 Å². The summed E-state index contributed by atoms with van der Waals surface area (Å²) in [5.74, 6) is -0.0735. The molecule has 0 spiro atoms. The normalized spacial score (nSPS) is 11.8. The Balaban J connectivity index is -0.000000477. The van der Waals surface area contributed by atoms with Crippen LogP contribution < -0.4 is 0 Å². The van der Waals surface area contributed by atoms with Gasteiger partial charge in [-0.05, 0) is 30.7 Å². The van der Waals surface area contributed by atoms with E-state index in [2.05, 4.69) is 47.6 Å². The van der Waals surface area contributed by atoms with Gasteiger partial charge in [0.2, 0.25) is 0 Å². The quantitative estimate of drug-likeness (QED) is 0.514. The summed E-state index contributed by atoms with van der Waals surface area (Å²) in [5.41, 5.74) is 1.16. The summed E-state index contributed by atoms with van der Waals surface area (Å²) < 4.78 is 8.65. The van der Waals surface area contributed by atoms with E-state index in [0.29, 0.717) is 0 Å². The van der Waals surface area contributed by atoms with Crippen molar-refractivity contribution in [1.29, 1.82) is 0 Å². The zero-order valence-electron chi connectivity index (χ0n) is 20.1. The number of ketones is 1. The molecule has 1 aromatic rings. The maximum atomic E-state index is 11.7. The largest absolute Gasteiger partial charge is 0.467 e. The predicted octanol–water partition coefficient (Wildman–Crippen LogP) is 6.22. The van der Waals surface area contributed by atoms with Crippen LogP contribution in [0.5, 0.6) is 0 Å². The number of carbonyl (C=O) groups is 2. The molecule has 0 fully saturated rings. The number of rotatable bonds is 7. The lowest BCUT2D eigenvalue weighted by molar-refractivity contribution is -0.144. The van der Waals surface area contributed by atoms with Crippen molar-refractivity contribution < 1.29 is 19.1 Å². The molecule has 1 aromatic carbocycles. The Morgan fingerprint density at radius 3 is 1.68 bits per heavy atom. The van der Waals surface area contributed by atoms with Gasteiger partial charge in [-0.3, -0.25) is 4.79 Å². The second-order valence-corrected chi connectivity index (χ2v) is 6.91. The van der Waals surface area contributed by atoms with Crippen molar-refractivity contribution in [3.63, 3.8) is 0 Å². The number of benzene rings is 1. The maximum Gasteiger partial charge on any atom is 0.331 e. The van der Waals surface area contributed by atoms with Gasteiger partial charge < -0.3 is 9.47 Å². The molecule has 0 saturated carbocycles. The van der Waals surface area contributed by atoms with Gasteiger partial charge >= 0.3 is 5.97 Å². The number of Topliss-reactive ketones (excluding diaryl/α,β-unsaturated/α-hetero) is 1. The summed E-state index contributed by atoms with van der Waals surface area (Å²) >= 11 is 0.